The van der Waals surface area contributed by atoms with Gasteiger partial charge in [0, 0.05) is 6.54 Å². The maximum Gasteiger partial charge on any atom is 0.292 e. The fourth-order valence-corrected chi connectivity index (χ4v) is 1.30. The van der Waals surface area contributed by atoms with Gasteiger partial charge in [-0.25, -0.2) is 0 Å². The first-order valence-corrected chi connectivity index (χ1v) is 4.92. The number of aromatic amines is 1. The molecule has 0 radical (unpaired) electrons. The first kappa shape index (κ1) is 10.3. The van der Waals surface area contributed by atoms with Gasteiger partial charge in [-0.3, -0.25) is 4.79 Å². The van der Waals surface area contributed by atoms with Gasteiger partial charge in [-0.15, -0.1) is 10.2 Å². The highest BCUT2D eigenvalue weighted by atomic mass is 16.2. The molecule has 16 heavy (non-hydrogen) atoms. The minimum atomic E-state index is -0.315. The lowest BCUT2D eigenvalue weighted by molar-refractivity contribution is 0.0944. The predicted octanol–water partition coefficient (Wildman–Crippen LogP) is 0.172. The summed E-state index contributed by atoms with van der Waals surface area (Å²) in [6.45, 7) is 0.553. The normalized spacial score (nSPS) is 10.0. The second-order valence-corrected chi connectivity index (χ2v) is 3.23. The molecule has 0 spiro atoms. The molecule has 0 bridgehead atoms. The van der Waals surface area contributed by atoms with Crippen molar-refractivity contribution in [2.24, 2.45) is 0 Å². The van der Waals surface area contributed by atoms with Crippen molar-refractivity contribution in [1.29, 1.82) is 0 Å². The van der Waals surface area contributed by atoms with Gasteiger partial charge in [0.15, 0.2) is 0 Å². The quantitative estimate of drug-likeness (QED) is 0.764. The fourth-order valence-electron chi connectivity index (χ4n) is 1.30. The Labute approximate surface area is 92.1 Å². The Morgan fingerprint density at radius 2 is 2.12 bits per heavy atom. The number of tetrazole rings is 1. The molecule has 0 aliphatic heterocycles. The van der Waals surface area contributed by atoms with E-state index in [-0.39, 0.29) is 11.7 Å². The molecule has 0 saturated carbocycles. The van der Waals surface area contributed by atoms with E-state index >= 15 is 0 Å². The van der Waals surface area contributed by atoms with Crippen LogP contribution in [-0.2, 0) is 6.42 Å². The smallest absolute Gasteiger partial charge is 0.292 e. The third-order valence-electron chi connectivity index (χ3n) is 2.09. The molecule has 0 saturated heterocycles. The number of H-pyrrole nitrogens is 1. The van der Waals surface area contributed by atoms with Gasteiger partial charge in [-0.05, 0) is 17.2 Å². The second kappa shape index (κ2) is 5.01. The van der Waals surface area contributed by atoms with Crippen LogP contribution in [0.2, 0.25) is 0 Å². The third-order valence-corrected chi connectivity index (χ3v) is 2.09. The zero-order chi connectivity index (χ0) is 11.2. The van der Waals surface area contributed by atoms with Crippen molar-refractivity contribution in [2.45, 2.75) is 6.42 Å². The molecule has 0 aliphatic rings. The molecule has 0 fully saturated rings. The van der Waals surface area contributed by atoms with Crippen LogP contribution in [0.5, 0.6) is 0 Å². The van der Waals surface area contributed by atoms with Gasteiger partial charge in [-0.1, -0.05) is 30.3 Å². The summed E-state index contributed by atoms with van der Waals surface area (Å²) in [7, 11) is 0. The molecule has 6 nitrogen and oxygen atoms in total. The van der Waals surface area contributed by atoms with Gasteiger partial charge >= 0.3 is 0 Å². The summed E-state index contributed by atoms with van der Waals surface area (Å²) >= 11 is 0. The molecule has 2 rings (SSSR count). The molecule has 2 aromatic rings. The number of hydrogen-bond acceptors (Lipinski definition) is 4. The summed E-state index contributed by atoms with van der Waals surface area (Å²) in [5.41, 5.74) is 1.18. The Morgan fingerprint density at radius 3 is 2.81 bits per heavy atom. The maximum atomic E-state index is 11.4. The number of nitrogens with zero attached hydrogens (tertiary/aromatic N) is 3. The fraction of sp³-hybridized carbons (Fsp3) is 0.200. The molecule has 1 heterocycles. The number of aromatic nitrogens is 4. The molecule has 0 atom stereocenters. The van der Waals surface area contributed by atoms with Crippen molar-refractivity contribution in [3.8, 4) is 0 Å². The first-order valence-electron chi connectivity index (χ1n) is 4.92. The van der Waals surface area contributed by atoms with Crippen LogP contribution in [0, 0.1) is 0 Å². The van der Waals surface area contributed by atoms with Gasteiger partial charge in [0.1, 0.15) is 0 Å². The number of nitrogens with one attached hydrogen (secondary N) is 2. The molecular formula is C10H11N5O. The van der Waals surface area contributed by atoms with Crippen LogP contribution in [0.25, 0.3) is 0 Å². The zero-order valence-corrected chi connectivity index (χ0v) is 8.55. The number of hydrogen-bond donors (Lipinski definition) is 2. The van der Waals surface area contributed by atoms with E-state index in [1.807, 2.05) is 30.3 Å². The molecule has 1 amide bonds. The van der Waals surface area contributed by atoms with E-state index in [9.17, 15) is 4.79 Å². The van der Waals surface area contributed by atoms with E-state index in [1.165, 1.54) is 5.56 Å². The van der Waals surface area contributed by atoms with Gasteiger partial charge in [0.2, 0.25) is 0 Å². The molecule has 6 heteroatoms. The summed E-state index contributed by atoms with van der Waals surface area (Å²) < 4.78 is 0. The topological polar surface area (TPSA) is 83.6 Å². The second-order valence-electron chi connectivity index (χ2n) is 3.23. The monoisotopic (exact) mass is 217 g/mol. The third kappa shape index (κ3) is 2.63. The van der Waals surface area contributed by atoms with Gasteiger partial charge in [0.25, 0.3) is 11.7 Å². The zero-order valence-electron chi connectivity index (χ0n) is 8.55. The minimum absolute atomic E-state index is 0.0630. The van der Waals surface area contributed by atoms with E-state index in [0.29, 0.717) is 6.54 Å². The van der Waals surface area contributed by atoms with Crippen molar-refractivity contribution in [1.82, 2.24) is 25.9 Å². The average Bonchev–Trinajstić information content (AvgIpc) is 2.84. The Morgan fingerprint density at radius 1 is 1.31 bits per heavy atom. The molecule has 2 N–H and O–H groups in total. The lowest BCUT2D eigenvalue weighted by Gasteiger charge is -2.02. The lowest BCUT2D eigenvalue weighted by Crippen LogP contribution is -2.26. The van der Waals surface area contributed by atoms with Crippen LogP contribution >= 0.6 is 0 Å². The van der Waals surface area contributed by atoms with E-state index in [4.69, 9.17) is 0 Å². The van der Waals surface area contributed by atoms with Crippen molar-refractivity contribution >= 4 is 5.91 Å². The van der Waals surface area contributed by atoms with Crippen molar-refractivity contribution < 1.29 is 4.79 Å². The van der Waals surface area contributed by atoms with Crippen LogP contribution in [-0.4, -0.2) is 33.1 Å². The largest absolute Gasteiger partial charge is 0.349 e. The van der Waals surface area contributed by atoms with E-state index in [1.54, 1.807) is 0 Å². The molecule has 1 aromatic carbocycles. The molecule has 1 aromatic heterocycles. The van der Waals surface area contributed by atoms with E-state index in [2.05, 4.69) is 25.9 Å². The SMILES string of the molecule is O=C(NCCc1ccccc1)c1nn[nH]n1. The number of benzene rings is 1. The van der Waals surface area contributed by atoms with Crippen molar-refractivity contribution in [2.75, 3.05) is 6.54 Å². The van der Waals surface area contributed by atoms with Crippen LogP contribution in [0.4, 0.5) is 0 Å². The predicted molar refractivity (Wildman–Crippen MR) is 56.7 cm³/mol. The van der Waals surface area contributed by atoms with Crippen LogP contribution in [0.3, 0.4) is 0 Å². The maximum absolute atomic E-state index is 11.4. The Bertz CT molecular complexity index is 439. The highest BCUT2D eigenvalue weighted by molar-refractivity contribution is 5.89. The van der Waals surface area contributed by atoms with E-state index < -0.39 is 0 Å². The number of amides is 1. The van der Waals surface area contributed by atoms with Crippen molar-refractivity contribution in [3.05, 3.63) is 41.7 Å². The van der Waals surface area contributed by atoms with Gasteiger partial charge in [0.05, 0.1) is 0 Å². The molecule has 0 unspecified atom stereocenters. The summed E-state index contributed by atoms with van der Waals surface area (Å²) in [6.07, 6.45) is 0.782. The molecule has 82 valence electrons. The van der Waals surface area contributed by atoms with E-state index in [0.717, 1.165) is 6.42 Å². The average molecular weight is 217 g/mol. The van der Waals surface area contributed by atoms with Crippen LogP contribution < -0.4 is 5.32 Å². The standard InChI is InChI=1S/C10H11N5O/c16-10(9-12-14-15-13-9)11-7-6-8-4-2-1-3-5-8/h1-5H,6-7H2,(H,11,16)(H,12,13,14,15). The van der Waals surface area contributed by atoms with Crippen LogP contribution in [0.15, 0.2) is 30.3 Å². The summed E-state index contributed by atoms with van der Waals surface area (Å²) in [5.74, 6) is -0.252. The van der Waals surface area contributed by atoms with Crippen LogP contribution in [0.1, 0.15) is 16.2 Å². The molecular weight excluding hydrogens is 206 g/mol. The highest BCUT2D eigenvalue weighted by Gasteiger charge is 2.08. The summed E-state index contributed by atoms with van der Waals surface area (Å²) in [6, 6.07) is 9.93. The Balaban J connectivity index is 1.79. The number of carbonyl (C=O) groups is 1. The molecule has 0 aliphatic carbocycles. The van der Waals surface area contributed by atoms with Crippen molar-refractivity contribution in [3.63, 3.8) is 0 Å². The van der Waals surface area contributed by atoms with Gasteiger partial charge in [-0.2, -0.15) is 5.21 Å². The minimum Gasteiger partial charge on any atom is -0.349 e. The Hall–Kier alpha value is -2.24. The summed E-state index contributed by atoms with van der Waals surface area (Å²) in [5, 5.41) is 15.4. The number of rotatable bonds is 4. The number of carbonyl (C=O) groups excluding carboxylic acids is 1. The lowest BCUT2D eigenvalue weighted by atomic mass is 10.1. The summed E-state index contributed by atoms with van der Waals surface area (Å²) in [4.78, 5) is 11.4. The highest BCUT2D eigenvalue weighted by Crippen LogP contribution is 1.98. The first-order chi connectivity index (χ1) is 7.86. The van der Waals surface area contributed by atoms with Gasteiger partial charge < -0.3 is 5.32 Å². The Kier molecular flexibility index (Phi) is 3.22.